The van der Waals surface area contributed by atoms with Crippen LogP contribution < -0.4 is 5.73 Å². The van der Waals surface area contributed by atoms with Crippen LogP contribution in [0.25, 0.3) is 0 Å². The number of aliphatic hydroxyl groups excluding tert-OH is 1. The molecule has 0 aromatic carbocycles. The van der Waals surface area contributed by atoms with Crippen molar-refractivity contribution in [3.05, 3.63) is 0 Å². The molecule has 1 aliphatic rings. The lowest BCUT2D eigenvalue weighted by molar-refractivity contribution is 0.0571. The van der Waals surface area contributed by atoms with Crippen molar-refractivity contribution in [2.45, 2.75) is 44.2 Å². The first-order valence-electron chi connectivity index (χ1n) is 3.60. The van der Waals surface area contributed by atoms with Crippen LogP contribution in [0.5, 0.6) is 0 Å². The topological polar surface area (TPSA) is 46.2 Å². The van der Waals surface area contributed by atoms with E-state index >= 15 is 0 Å². The zero-order valence-corrected chi connectivity index (χ0v) is 5.93. The lowest BCUT2D eigenvalue weighted by Crippen LogP contribution is -2.49. The van der Waals surface area contributed by atoms with E-state index in [9.17, 15) is 5.11 Å². The van der Waals surface area contributed by atoms with Crippen molar-refractivity contribution < 1.29 is 5.11 Å². The molecule has 2 atom stereocenters. The Morgan fingerprint density at radius 1 is 1.56 bits per heavy atom. The van der Waals surface area contributed by atoms with Gasteiger partial charge >= 0.3 is 0 Å². The highest BCUT2D eigenvalue weighted by Gasteiger charge is 2.30. The van der Waals surface area contributed by atoms with Gasteiger partial charge in [-0.05, 0) is 19.8 Å². The van der Waals surface area contributed by atoms with Crippen molar-refractivity contribution in [1.82, 2.24) is 0 Å². The summed E-state index contributed by atoms with van der Waals surface area (Å²) in [6.45, 7) is 1.93. The first kappa shape index (κ1) is 7.03. The van der Waals surface area contributed by atoms with Crippen LogP contribution in [0, 0.1) is 0 Å². The van der Waals surface area contributed by atoms with Gasteiger partial charge in [-0.25, -0.2) is 0 Å². The van der Waals surface area contributed by atoms with E-state index in [1.165, 1.54) is 6.42 Å². The molecule has 0 heterocycles. The van der Waals surface area contributed by atoms with Gasteiger partial charge in [0.05, 0.1) is 6.10 Å². The molecule has 0 radical (unpaired) electrons. The fourth-order valence-electron chi connectivity index (χ4n) is 1.34. The second kappa shape index (κ2) is 2.27. The van der Waals surface area contributed by atoms with E-state index in [2.05, 4.69) is 0 Å². The molecule has 0 amide bonds. The normalized spacial score (nSPS) is 45.0. The molecule has 0 aliphatic heterocycles. The van der Waals surface area contributed by atoms with Crippen molar-refractivity contribution in [1.29, 1.82) is 0 Å². The molecule has 9 heavy (non-hydrogen) atoms. The number of rotatable bonds is 0. The molecule has 0 saturated heterocycles. The van der Waals surface area contributed by atoms with Crippen molar-refractivity contribution >= 4 is 0 Å². The summed E-state index contributed by atoms with van der Waals surface area (Å²) in [5.74, 6) is 0. The predicted octanol–water partition coefficient (Wildman–Crippen LogP) is 0.639. The molecule has 3 N–H and O–H groups in total. The first-order valence-corrected chi connectivity index (χ1v) is 3.60. The van der Waals surface area contributed by atoms with Gasteiger partial charge < -0.3 is 10.8 Å². The molecule has 0 spiro atoms. The van der Waals surface area contributed by atoms with E-state index in [1.807, 2.05) is 6.92 Å². The molecule has 1 saturated carbocycles. The van der Waals surface area contributed by atoms with Gasteiger partial charge in [-0.3, -0.25) is 0 Å². The summed E-state index contributed by atoms with van der Waals surface area (Å²) in [6.07, 6.45) is 3.88. The molecule has 1 fully saturated rings. The van der Waals surface area contributed by atoms with Crippen molar-refractivity contribution in [3.63, 3.8) is 0 Å². The average molecular weight is 129 g/mol. The minimum Gasteiger partial charge on any atom is -0.391 e. The Morgan fingerprint density at radius 3 is 2.56 bits per heavy atom. The van der Waals surface area contributed by atoms with Crippen LogP contribution in [-0.4, -0.2) is 16.7 Å². The third-order valence-electron chi connectivity index (χ3n) is 2.20. The zero-order chi connectivity index (χ0) is 6.91. The van der Waals surface area contributed by atoms with Crippen LogP contribution >= 0.6 is 0 Å². The Balaban J connectivity index is 2.49. The minimum absolute atomic E-state index is 0.272. The summed E-state index contributed by atoms with van der Waals surface area (Å²) in [5, 5.41) is 9.31. The molecule has 0 aromatic rings. The Bertz CT molecular complexity index is 101. The summed E-state index contributed by atoms with van der Waals surface area (Å²) < 4.78 is 0. The van der Waals surface area contributed by atoms with Gasteiger partial charge in [-0.2, -0.15) is 0 Å². The number of nitrogens with two attached hydrogens (primary N) is 1. The third kappa shape index (κ3) is 1.43. The minimum atomic E-state index is -0.307. The van der Waals surface area contributed by atoms with Gasteiger partial charge in [0.1, 0.15) is 0 Å². The second-order valence-corrected chi connectivity index (χ2v) is 3.27. The van der Waals surface area contributed by atoms with E-state index in [1.54, 1.807) is 0 Å². The highest BCUT2D eigenvalue weighted by atomic mass is 16.3. The number of aliphatic hydroxyl groups is 1. The molecule has 1 rings (SSSR count). The molecular formula is C7H15NO. The van der Waals surface area contributed by atoms with E-state index in [0.29, 0.717) is 0 Å². The molecule has 2 nitrogen and oxygen atoms in total. The van der Waals surface area contributed by atoms with Crippen molar-refractivity contribution in [3.8, 4) is 0 Å². The SMILES string of the molecule is C[C@@]1(N)CCCC[C@H]1O. The molecule has 1 aliphatic carbocycles. The zero-order valence-electron chi connectivity index (χ0n) is 5.93. The molecule has 0 aromatic heterocycles. The molecule has 2 heteroatoms. The van der Waals surface area contributed by atoms with Crippen LogP contribution in [0.1, 0.15) is 32.6 Å². The monoisotopic (exact) mass is 129 g/mol. The summed E-state index contributed by atoms with van der Waals surface area (Å²) in [5.41, 5.74) is 5.46. The number of hydrogen-bond acceptors (Lipinski definition) is 2. The predicted molar refractivity (Wildman–Crippen MR) is 37.1 cm³/mol. The maximum Gasteiger partial charge on any atom is 0.0716 e. The largest absolute Gasteiger partial charge is 0.391 e. The van der Waals surface area contributed by atoms with Crippen LogP contribution in [0.3, 0.4) is 0 Å². The lowest BCUT2D eigenvalue weighted by atomic mass is 9.82. The highest BCUT2D eigenvalue weighted by molar-refractivity contribution is 4.89. The van der Waals surface area contributed by atoms with Gasteiger partial charge in [0.2, 0.25) is 0 Å². The van der Waals surface area contributed by atoms with Crippen LogP contribution in [0.2, 0.25) is 0 Å². The van der Waals surface area contributed by atoms with Crippen LogP contribution in [-0.2, 0) is 0 Å². The Kier molecular flexibility index (Phi) is 1.78. The Hall–Kier alpha value is -0.0800. The average Bonchev–Trinajstić information content (AvgIpc) is 1.77. The first-order chi connectivity index (χ1) is 4.13. The Labute approximate surface area is 56.1 Å². The van der Waals surface area contributed by atoms with Crippen LogP contribution in [0.15, 0.2) is 0 Å². The number of hydrogen-bond donors (Lipinski definition) is 2. The maximum atomic E-state index is 9.31. The van der Waals surface area contributed by atoms with Gasteiger partial charge in [0.15, 0.2) is 0 Å². The van der Waals surface area contributed by atoms with E-state index in [0.717, 1.165) is 19.3 Å². The summed E-state index contributed by atoms with van der Waals surface area (Å²) in [6, 6.07) is 0. The third-order valence-corrected chi connectivity index (χ3v) is 2.20. The van der Waals surface area contributed by atoms with Gasteiger partial charge in [-0.1, -0.05) is 12.8 Å². The van der Waals surface area contributed by atoms with Gasteiger partial charge in [0.25, 0.3) is 0 Å². The second-order valence-electron chi connectivity index (χ2n) is 3.27. The molecule has 54 valence electrons. The maximum absolute atomic E-state index is 9.31. The van der Waals surface area contributed by atoms with Gasteiger partial charge in [-0.15, -0.1) is 0 Å². The molecule has 0 unspecified atom stereocenters. The fraction of sp³-hybridized carbons (Fsp3) is 1.00. The summed E-state index contributed by atoms with van der Waals surface area (Å²) in [4.78, 5) is 0. The summed E-state index contributed by atoms with van der Waals surface area (Å²) in [7, 11) is 0. The van der Waals surface area contributed by atoms with E-state index in [-0.39, 0.29) is 11.6 Å². The molecular weight excluding hydrogens is 114 g/mol. The smallest absolute Gasteiger partial charge is 0.0716 e. The highest BCUT2D eigenvalue weighted by Crippen LogP contribution is 2.25. The van der Waals surface area contributed by atoms with Crippen molar-refractivity contribution in [2.24, 2.45) is 5.73 Å². The lowest BCUT2D eigenvalue weighted by Gasteiger charge is -2.34. The quantitative estimate of drug-likeness (QED) is 0.504. The van der Waals surface area contributed by atoms with Gasteiger partial charge in [0, 0.05) is 5.54 Å². The van der Waals surface area contributed by atoms with E-state index < -0.39 is 0 Å². The van der Waals surface area contributed by atoms with E-state index in [4.69, 9.17) is 5.73 Å². The molecule has 0 bridgehead atoms. The van der Waals surface area contributed by atoms with Crippen LogP contribution in [0.4, 0.5) is 0 Å². The fourth-order valence-corrected chi connectivity index (χ4v) is 1.34. The van der Waals surface area contributed by atoms with Crippen molar-refractivity contribution in [2.75, 3.05) is 0 Å². The summed E-state index contributed by atoms with van der Waals surface area (Å²) >= 11 is 0. The Morgan fingerprint density at radius 2 is 2.22 bits per heavy atom. The standard InChI is InChI=1S/C7H15NO/c1-7(8)5-3-2-4-6(7)9/h6,9H,2-5,8H2,1H3/t6-,7-/m1/s1.